The van der Waals surface area contributed by atoms with Gasteiger partial charge in [-0.2, -0.15) is 0 Å². The Bertz CT molecular complexity index is 1150. The summed E-state index contributed by atoms with van der Waals surface area (Å²) in [5.41, 5.74) is 5.67. The first-order chi connectivity index (χ1) is 16.2. The monoisotopic (exact) mass is 484 g/mol. The van der Waals surface area contributed by atoms with Crippen molar-refractivity contribution in [1.29, 1.82) is 0 Å². The van der Waals surface area contributed by atoms with Crippen LogP contribution in [0.4, 0.5) is 4.79 Å². The molecule has 2 aliphatic rings. The molecule has 1 heterocycles. The molecule has 178 valence electrons. The molecule has 1 aliphatic carbocycles. The van der Waals surface area contributed by atoms with Gasteiger partial charge in [-0.25, -0.2) is 4.79 Å². The number of hydrazine groups is 1. The second kappa shape index (κ2) is 9.34. The number of imide groups is 1. The molecule has 1 saturated carbocycles. The van der Waals surface area contributed by atoms with Crippen molar-refractivity contribution < 1.29 is 23.9 Å². The molecule has 0 bridgehead atoms. The van der Waals surface area contributed by atoms with Crippen molar-refractivity contribution >= 4 is 35.4 Å². The molecule has 0 aromatic heterocycles. The van der Waals surface area contributed by atoms with Crippen LogP contribution in [0.3, 0.4) is 0 Å². The van der Waals surface area contributed by atoms with Gasteiger partial charge in [0.1, 0.15) is 24.4 Å². The van der Waals surface area contributed by atoms with Gasteiger partial charge in [0.25, 0.3) is 17.7 Å². The molecule has 2 aromatic rings. The molecule has 1 atom stereocenters. The van der Waals surface area contributed by atoms with Crippen LogP contribution in [-0.4, -0.2) is 40.7 Å². The average molecular weight is 485 g/mol. The van der Waals surface area contributed by atoms with Gasteiger partial charge in [-0.15, -0.1) is 0 Å². The van der Waals surface area contributed by atoms with E-state index in [-0.39, 0.29) is 5.92 Å². The van der Waals surface area contributed by atoms with E-state index in [4.69, 9.17) is 16.3 Å². The lowest BCUT2D eigenvalue weighted by atomic mass is 9.96. The second-order valence-electron chi connectivity index (χ2n) is 8.70. The minimum absolute atomic E-state index is 0.0976. The Morgan fingerprint density at radius 1 is 1.15 bits per heavy atom. The van der Waals surface area contributed by atoms with E-state index < -0.39 is 35.8 Å². The van der Waals surface area contributed by atoms with E-state index in [1.165, 1.54) is 0 Å². The van der Waals surface area contributed by atoms with Crippen LogP contribution in [-0.2, 0) is 16.2 Å². The maximum atomic E-state index is 12.6. The molecular formula is C24H25ClN4O5. The maximum Gasteiger partial charge on any atom is 0.325 e. The summed E-state index contributed by atoms with van der Waals surface area (Å²) in [4.78, 5) is 50.2. The van der Waals surface area contributed by atoms with Crippen molar-refractivity contribution in [3.8, 4) is 5.75 Å². The largest absolute Gasteiger partial charge is 0.489 e. The Labute approximate surface area is 201 Å². The van der Waals surface area contributed by atoms with Gasteiger partial charge in [0, 0.05) is 10.6 Å². The Hall–Kier alpha value is -3.59. The summed E-state index contributed by atoms with van der Waals surface area (Å²) in [5.74, 6) is -0.850. The zero-order valence-electron chi connectivity index (χ0n) is 18.8. The Morgan fingerprint density at radius 2 is 1.85 bits per heavy atom. The molecule has 1 aliphatic heterocycles. The maximum absolute atomic E-state index is 12.6. The van der Waals surface area contributed by atoms with Crippen molar-refractivity contribution in [3.05, 3.63) is 64.2 Å². The number of rotatable bonds is 7. The van der Waals surface area contributed by atoms with Crippen LogP contribution in [0.2, 0.25) is 5.02 Å². The summed E-state index contributed by atoms with van der Waals surface area (Å²) in [7, 11) is 0. The van der Waals surface area contributed by atoms with E-state index in [0.717, 1.165) is 28.9 Å². The number of urea groups is 1. The van der Waals surface area contributed by atoms with Crippen molar-refractivity contribution in [3.63, 3.8) is 0 Å². The van der Waals surface area contributed by atoms with E-state index in [1.54, 1.807) is 43.3 Å². The molecule has 5 amide bonds. The molecular weight excluding hydrogens is 460 g/mol. The molecule has 4 rings (SSSR count). The van der Waals surface area contributed by atoms with E-state index >= 15 is 0 Å². The van der Waals surface area contributed by atoms with Crippen molar-refractivity contribution in [1.82, 2.24) is 21.1 Å². The average Bonchev–Trinajstić information content (AvgIpc) is 3.64. The van der Waals surface area contributed by atoms with Gasteiger partial charge in [-0.1, -0.05) is 23.7 Å². The molecule has 2 fully saturated rings. The third kappa shape index (κ3) is 4.99. The van der Waals surface area contributed by atoms with Crippen LogP contribution < -0.4 is 20.9 Å². The summed E-state index contributed by atoms with van der Waals surface area (Å²) in [5, 5.41) is 3.34. The number of halogens is 1. The van der Waals surface area contributed by atoms with Gasteiger partial charge in [-0.05, 0) is 74.1 Å². The second-order valence-corrected chi connectivity index (χ2v) is 9.10. The number of carbonyl (C=O) groups is 4. The molecule has 1 saturated heterocycles. The topological polar surface area (TPSA) is 117 Å². The normalized spacial score (nSPS) is 19.6. The highest BCUT2D eigenvalue weighted by Crippen LogP contribution is 2.42. The number of hydrogen-bond donors (Lipinski definition) is 3. The summed E-state index contributed by atoms with van der Waals surface area (Å²) in [6, 6.07) is 11.5. The molecule has 2 aromatic carbocycles. The lowest BCUT2D eigenvalue weighted by Gasteiger charge is -2.20. The molecule has 34 heavy (non-hydrogen) atoms. The van der Waals surface area contributed by atoms with Crippen LogP contribution in [0.1, 0.15) is 41.3 Å². The first kappa shape index (κ1) is 23.6. The minimum atomic E-state index is -0.960. The number of nitrogens with zero attached hydrogens (tertiary/aromatic N) is 1. The lowest BCUT2D eigenvalue weighted by Crippen LogP contribution is -2.49. The first-order valence-corrected chi connectivity index (χ1v) is 11.3. The molecule has 10 heteroatoms. The third-order valence-corrected chi connectivity index (χ3v) is 6.49. The van der Waals surface area contributed by atoms with Crippen molar-refractivity contribution in [2.24, 2.45) is 5.92 Å². The smallest absolute Gasteiger partial charge is 0.325 e. The number of carbonyl (C=O) groups excluding carboxylic acids is 4. The zero-order chi connectivity index (χ0) is 24.5. The van der Waals surface area contributed by atoms with E-state index in [9.17, 15) is 19.2 Å². The van der Waals surface area contributed by atoms with Crippen LogP contribution in [0.25, 0.3) is 0 Å². The lowest BCUT2D eigenvalue weighted by molar-refractivity contribution is -0.135. The third-order valence-electron chi connectivity index (χ3n) is 6.06. The van der Waals surface area contributed by atoms with Crippen LogP contribution >= 0.6 is 11.6 Å². The fourth-order valence-corrected chi connectivity index (χ4v) is 3.92. The summed E-state index contributed by atoms with van der Waals surface area (Å²) in [6.07, 6.45) is 1.73. The van der Waals surface area contributed by atoms with Crippen LogP contribution in [0.5, 0.6) is 5.75 Å². The summed E-state index contributed by atoms with van der Waals surface area (Å²) in [6.45, 7) is 3.40. The predicted molar refractivity (Wildman–Crippen MR) is 124 cm³/mol. The van der Waals surface area contributed by atoms with Gasteiger partial charge >= 0.3 is 6.03 Å². The number of aryl methyl sites for hydroxylation is 1. The number of nitrogens with one attached hydrogen (secondary N) is 3. The molecule has 3 N–H and O–H groups in total. The standard InChI is InChI=1S/C24H25ClN4O5/c1-14-11-18(9-10-19(14)25)34-13-15-3-5-16(6-4-15)21(31)28-27-20(30)12-29-22(32)24(2,17-7-8-17)26-23(29)33/h3-6,9-11,17H,7-8,12-13H2,1-2H3,(H,26,33)(H,27,30)(H,28,31). The minimum Gasteiger partial charge on any atom is -0.489 e. The van der Waals surface area contributed by atoms with Gasteiger partial charge in [0.15, 0.2) is 0 Å². The molecule has 0 radical (unpaired) electrons. The van der Waals surface area contributed by atoms with Crippen molar-refractivity contribution in [2.75, 3.05) is 6.54 Å². The van der Waals surface area contributed by atoms with E-state index in [0.29, 0.717) is 22.9 Å². The first-order valence-electron chi connectivity index (χ1n) is 10.9. The Balaban J connectivity index is 1.25. The quantitative estimate of drug-likeness (QED) is 0.412. The van der Waals surface area contributed by atoms with Crippen LogP contribution in [0.15, 0.2) is 42.5 Å². The van der Waals surface area contributed by atoms with Gasteiger partial charge in [0.2, 0.25) is 0 Å². The van der Waals surface area contributed by atoms with E-state index in [1.807, 2.05) is 13.0 Å². The van der Waals surface area contributed by atoms with Crippen LogP contribution in [0, 0.1) is 12.8 Å². The number of benzene rings is 2. The predicted octanol–water partition coefficient (Wildman–Crippen LogP) is 2.71. The zero-order valence-corrected chi connectivity index (χ0v) is 19.6. The van der Waals surface area contributed by atoms with E-state index in [2.05, 4.69) is 16.2 Å². The summed E-state index contributed by atoms with van der Waals surface area (Å²) >= 11 is 6.02. The number of ether oxygens (including phenoxy) is 1. The molecule has 1 unspecified atom stereocenters. The Kier molecular flexibility index (Phi) is 6.47. The Morgan fingerprint density at radius 3 is 2.50 bits per heavy atom. The number of hydrogen-bond acceptors (Lipinski definition) is 5. The number of amides is 5. The highest BCUT2D eigenvalue weighted by molar-refractivity contribution is 6.31. The fraction of sp³-hybridized carbons (Fsp3) is 0.333. The van der Waals surface area contributed by atoms with Gasteiger partial charge in [0.05, 0.1) is 0 Å². The SMILES string of the molecule is Cc1cc(OCc2ccc(C(=O)NNC(=O)CN3C(=O)NC(C)(C4CC4)C3=O)cc2)ccc1Cl. The fourth-order valence-electron chi connectivity index (χ4n) is 3.80. The van der Waals surface area contributed by atoms with Gasteiger partial charge in [-0.3, -0.25) is 30.1 Å². The molecule has 9 nitrogen and oxygen atoms in total. The van der Waals surface area contributed by atoms with Gasteiger partial charge < -0.3 is 10.1 Å². The highest BCUT2D eigenvalue weighted by Gasteiger charge is 2.56. The highest BCUT2D eigenvalue weighted by atomic mass is 35.5. The van der Waals surface area contributed by atoms with Crippen molar-refractivity contribution in [2.45, 2.75) is 38.8 Å². The molecule has 0 spiro atoms. The summed E-state index contributed by atoms with van der Waals surface area (Å²) < 4.78 is 5.74.